The summed E-state index contributed by atoms with van der Waals surface area (Å²) in [6.07, 6.45) is 1.25. The zero-order valence-electron chi connectivity index (χ0n) is 7.09. The minimum Gasteiger partial charge on any atom is -0.198 e. The first-order chi connectivity index (χ1) is 5.24. The number of hydrogen-bond acceptors (Lipinski definition) is 3. The molecule has 0 bridgehead atoms. The standard InChI is InChI=1S/2C3H5N.CH3FO/c2*1-2-3-4;1-3-2/h2*2H2,1H3;1H3. The highest BCUT2D eigenvalue weighted by molar-refractivity contribution is 4.62. The number of nitrogens with zero attached hydrogens (tertiary/aromatic N) is 2. The predicted octanol–water partition coefficient (Wildman–Crippen LogP) is 2.36. The van der Waals surface area contributed by atoms with E-state index in [1.165, 1.54) is 0 Å². The van der Waals surface area contributed by atoms with Crippen LogP contribution in [0.1, 0.15) is 26.7 Å². The van der Waals surface area contributed by atoms with Crippen LogP contribution in [0.2, 0.25) is 0 Å². The summed E-state index contributed by atoms with van der Waals surface area (Å²) in [5.41, 5.74) is 0. The molecule has 0 N–H and O–H groups in total. The third-order valence-electron chi connectivity index (χ3n) is 0.316. The molecule has 0 aromatic rings. The maximum absolute atomic E-state index is 9.79. The van der Waals surface area contributed by atoms with Gasteiger partial charge in [0.1, 0.15) is 0 Å². The van der Waals surface area contributed by atoms with Gasteiger partial charge in [0.2, 0.25) is 0 Å². The largest absolute Gasteiger partial charge is 0.198 e. The quantitative estimate of drug-likeness (QED) is 0.546. The van der Waals surface area contributed by atoms with E-state index in [9.17, 15) is 4.53 Å². The Hall–Kier alpha value is -1.13. The second-order valence-corrected chi connectivity index (χ2v) is 1.18. The fraction of sp³-hybridized carbons (Fsp3) is 0.714. The van der Waals surface area contributed by atoms with Crippen LogP contribution in [0.4, 0.5) is 4.53 Å². The van der Waals surface area contributed by atoms with Crippen molar-refractivity contribution in [1.29, 1.82) is 10.5 Å². The third kappa shape index (κ3) is 553. The van der Waals surface area contributed by atoms with Gasteiger partial charge in [-0.3, -0.25) is 0 Å². The Labute approximate surface area is 66.9 Å². The average Bonchev–Trinajstić information content (AvgIpc) is 2.06. The van der Waals surface area contributed by atoms with Gasteiger partial charge in [-0.15, -0.1) is 0 Å². The van der Waals surface area contributed by atoms with Crippen molar-refractivity contribution in [3.8, 4) is 12.1 Å². The van der Waals surface area contributed by atoms with Crippen molar-refractivity contribution in [2.24, 2.45) is 0 Å². The van der Waals surface area contributed by atoms with Crippen molar-refractivity contribution in [3.63, 3.8) is 0 Å². The summed E-state index contributed by atoms with van der Waals surface area (Å²) in [7, 11) is 0.958. The van der Waals surface area contributed by atoms with Gasteiger partial charge in [0.25, 0.3) is 0 Å². The molecular weight excluding hydrogens is 147 g/mol. The average molecular weight is 160 g/mol. The lowest BCUT2D eigenvalue weighted by molar-refractivity contribution is -0.0960. The van der Waals surface area contributed by atoms with E-state index in [2.05, 4.69) is 4.94 Å². The van der Waals surface area contributed by atoms with E-state index < -0.39 is 0 Å². The first kappa shape index (κ1) is 16.5. The second-order valence-electron chi connectivity index (χ2n) is 1.18. The van der Waals surface area contributed by atoms with Crippen LogP contribution in [-0.2, 0) is 4.94 Å². The Bertz CT molecular complexity index is 101. The summed E-state index contributed by atoms with van der Waals surface area (Å²) >= 11 is 0. The van der Waals surface area contributed by atoms with Gasteiger partial charge in [-0.05, 0) is 4.53 Å². The first-order valence-corrected chi connectivity index (χ1v) is 3.13. The highest BCUT2D eigenvalue weighted by Crippen LogP contribution is 1.58. The molecule has 0 aliphatic rings. The Balaban J connectivity index is -0.0000000886. The molecule has 0 aromatic carbocycles. The molecule has 0 spiro atoms. The summed E-state index contributed by atoms with van der Waals surface area (Å²) < 4.78 is 9.79. The Morgan fingerprint density at radius 1 is 1.18 bits per heavy atom. The fourth-order valence-electron chi connectivity index (χ4n) is 0. The number of halogens is 1. The molecule has 0 heterocycles. The zero-order valence-corrected chi connectivity index (χ0v) is 7.09. The summed E-state index contributed by atoms with van der Waals surface area (Å²) in [6, 6.07) is 3.86. The van der Waals surface area contributed by atoms with E-state index >= 15 is 0 Å². The molecule has 0 rings (SSSR count). The van der Waals surface area contributed by atoms with Crippen LogP contribution in [0.25, 0.3) is 0 Å². The van der Waals surface area contributed by atoms with Crippen LogP contribution >= 0.6 is 0 Å². The van der Waals surface area contributed by atoms with Gasteiger partial charge in [0, 0.05) is 12.8 Å². The first-order valence-electron chi connectivity index (χ1n) is 3.13. The number of nitriles is 2. The van der Waals surface area contributed by atoms with Gasteiger partial charge < -0.3 is 0 Å². The minimum atomic E-state index is 0.625. The van der Waals surface area contributed by atoms with Gasteiger partial charge >= 0.3 is 0 Å². The van der Waals surface area contributed by atoms with Crippen LogP contribution in [0.15, 0.2) is 0 Å². The van der Waals surface area contributed by atoms with Crippen molar-refractivity contribution in [2.45, 2.75) is 26.7 Å². The van der Waals surface area contributed by atoms with Gasteiger partial charge in [-0.2, -0.15) is 15.5 Å². The molecule has 11 heavy (non-hydrogen) atoms. The van der Waals surface area contributed by atoms with Gasteiger partial charge in [-0.1, -0.05) is 13.8 Å². The van der Waals surface area contributed by atoms with Crippen molar-refractivity contribution >= 4 is 0 Å². The molecule has 0 saturated heterocycles. The lowest BCUT2D eigenvalue weighted by atomic mass is 10.6. The molecule has 0 aromatic heterocycles. The summed E-state index contributed by atoms with van der Waals surface area (Å²) in [5, 5.41) is 15.2. The highest BCUT2D eigenvalue weighted by Gasteiger charge is 1.50. The minimum absolute atomic E-state index is 0.625. The van der Waals surface area contributed by atoms with E-state index in [1.807, 2.05) is 26.0 Å². The molecule has 4 heteroatoms. The summed E-state index contributed by atoms with van der Waals surface area (Å²) in [4.78, 5) is 2.75. The van der Waals surface area contributed by atoms with Gasteiger partial charge in [-0.25, -0.2) is 0 Å². The molecule has 64 valence electrons. The normalized spacial score (nSPS) is 5.27. The molecule has 0 amide bonds. The number of rotatable bonds is 0. The Morgan fingerprint density at radius 3 is 1.27 bits per heavy atom. The fourth-order valence-corrected chi connectivity index (χ4v) is 0. The van der Waals surface area contributed by atoms with Crippen LogP contribution in [-0.4, -0.2) is 7.11 Å². The lowest BCUT2D eigenvalue weighted by Gasteiger charge is -1.51. The Kier molecular flexibility index (Phi) is 54.9. The SMILES string of the molecule is CCC#N.CCC#N.COF. The van der Waals surface area contributed by atoms with Crippen LogP contribution in [0.3, 0.4) is 0 Å². The van der Waals surface area contributed by atoms with Gasteiger partial charge in [0.05, 0.1) is 19.2 Å². The molecule has 0 aliphatic carbocycles. The number of hydrogen-bond donors (Lipinski definition) is 0. The predicted molar refractivity (Wildman–Crippen MR) is 39.9 cm³/mol. The van der Waals surface area contributed by atoms with E-state index in [-0.39, 0.29) is 0 Å². The van der Waals surface area contributed by atoms with Crippen LogP contribution in [0, 0.1) is 22.7 Å². The summed E-state index contributed by atoms with van der Waals surface area (Å²) in [6.45, 7) is 3.64. The topological polar surface area (TPSA) is 56.8 Å². The summed E-state index contributed by atoms with van der Waals surface area (Å²) in [5.74, 6) is 0. The van der Waals surface area contributed by atoms with E-state index in [0.29, 0.717) is 12.8 Å². The smallest absolute Gasteiger partial charge is 0.0766 e. The van der Waals surface area contributed by atoms with E-state index in [1.54, 1.807) is 0 Å². The third-order valence-corrected chi connectivity index (χ3v) is 0.316. The molecule has 0 unspecified atom stereocenters. The molecule has 3 nitrogen and oxygen atoms in total. The Morgan fingerprint density at radius 2 is 1.27 bits per heavy atom. The van der Waals surface area contributed by atoms with Crippen LogP contribution in [0.5, 0.6) is 0 Å². The van der Waals surface area contributed by atoms with Crippen molar-refractivity contribution < 1.29 is 9.47 Å². The zero-order chi connectivity index (χ0) is 9.54. The molecule has 0 atom stereocenters. The second kappa shape index (κ2) is 36.7. The van der Waals surface area contributed by atoms with Crippen LogP contribution < -0.4 is 0 Å². The van der Waals surface area contributed by atoms with E-state index in [0.717, 1.165) is 7.11 Å². The molecule has 0 saturated carbocycles. The maximum atomic E-state index is 9.79. The van der Waals surface area contributed by atoms with Crippen molar-refractivity contribution in [1.82, 2.24) is 0 Å². The molecule has 0 aliphatic heterocycles. The van der Waals surface area contributed by atoms with E-state index in [4.69, 9.17) is 10.5 Å². The molecule has 0 radical (unpaired) electrons. The van der Waals surface area contributed by atoms with Crippen molar-refractivity contribution in [3.05, 3.63) is 0 Å². The molecule has 0 fully saturated rings. The van der Waals surface area contributed by atoms with Gasteiger partial charge in [0.15, 0.2) is 0 Å². The monoisotopic (exact) mass is 160 g/mol. The van der Waals surface area contributed by atoms with Crippen molar-refractivity contribution in [2.75, 3.05) is 7.11 Å². The molecular formula is C7H13FN2O. The lowest BCUT2D eigenvalue weighted by Crippen LogP contribution is -1.43. The highest BCUT2D eigenvalue weighted by atomic mass is 19.3. The maximum Gasteiger partial charge on any atom is 0.0766 e.